The van der Waals surface area contributed by atoms with Crippen LogP contribution in [0.5, 0.6) is 11.5 Å². The maximum Gasteiger partial charge on any atom is 0.255 e. The topological polar surface area (TPSA) is 93.7 Å². The maximum atomic E-state index is 13.0. The van der Waals surface area contributed by atoms with E-state index in [9.17, 15) is 14.4 Å². The van der Waals surface area contributed by atoms with Gasteiger partial charge in [-0.15, -0.1) is 0 Å². The molecule has 0 aliphatic carbocycles. The molecule has 0 unspecified atom stereocenters. The number of ketones is 1. The first-order chi connectivity index (χ1) is 17.5. The second-order valence-corrected chi connectivity index (χ2v) is 7.82. The quantitative estimate of drug-likeness (QED) is 0.328. The summed E-state index contributed by atoms with van der Waals surface area (Å²) < 4.78 is 10.3. The highest BCUT2D eigenvalue weighted by Gasteiger charge is 2.17. The van der Waals surface area contributed by atoms with Gasteiger partial charge in [0.05, 0.1) is 25.6 Å². The summed E-state index contributed by atoms with van der Waals surface area (Å²) in [6, 6.07) is 26.8. The molecule has 36 heavy (non-hydrogen) atoms. The van der Waals surface area contributed by atoms with E-state index in [1.807, 2.05) is 6.07 Å². The van der Waals surface area contributed by atoms with Gasteiger partial charge in [-0.3, -0.25) is 14.4 Å². The molecule has 4 aromatic rings. The van der Waals surface area contributed by atoms with Gasteiger partial charge < -0.3 is 20.1 Å². The van der Waals surface area contributed by atoms with E-state index in [2.05, 4.69) is 10.6 Å². The lowest BCUT2D eigenvalue weighted by molar-refractivity contribution is 0.101. The zero-order valence-corrected chi connectivity index (χ0v) is 19.8. The molecule has 0 atom stereocenters. The summed E-state index contributed by atoms with van der Waals surface area (Å²) in [7, 11) is 3.09. The second-order valence-electron chi connectivity index (χ2n) is 7.82. The van der Waals surface area contributed by atoms with E-state index in [1.165, 1.54) is 0 Å². The molecule has 2 amide bonds. The molecule has 4 aromatic carbocycles. The molecule has 0 radical (unpaired) electrons. The first kappa shape index (κ1) is 24.2. The third-order valence-electron chi connectivity index (χ3n) is 5.52. The van der Waals surface area contributed by atoms with Crippen LogP contribution in [0.1, 0.15) is 36.6 Å². The number of amides is 2. The third-order valence-corrected chi connectivity index (χ3v) is 5.52. The zero-order valence-electron chi connectivity index (χ0n) is 19.8. The van der Waals surface area contributed by atoms with Crippen molar-refractivity contribution in [3.63, 3.8) is 0 Å². The zero-order chi connectivity index (χ0) is 25.5. The monoisotopic (exact) mass is 480 g/mol. The Kier molecular flexibility index (Phi) is 7.41. The van der Waals surface area contributed by atoms with Crippen LogP contribution in [0.4, 0.5) is 11.4 Å². The minimum Gasteiger partial charge on any atom is -0.497 e. The minimum atomic E-state index is -0.401. The fourth-order valence-corrected chi connectivity index (χ4v) is 3.53. The number of carbonyl (C=O) groups is 3. The van der Waals surface area contributed by atoms with E-state index < -0.39 is 5.91 Å². The molecule has 4 rings (SSSR count). The molecule has 2 N–H and O–H groups in total. The van der Waals surface area contributed by atoms with Crippen LogP contribution in [0.2, 0.25) is 0 Å². The largest absolute Gasteiger partial charge is 0.497 e. The van der Waals surface area contributed by atoms with Gasteiger partial charge in [0.2, 0.25) is 0 Å². The summed E-state index contributed by atoms with van der Waals surface area (Å²) in [6.07, 6.45) is 0. The van der Waals surface area contributed by atoms with Crippen LogP contribution in [0.15, 0.2) is 97.1 Å². The van der Waals surface area contributed by atoms with Crippen molar-refractivity contribution in [2.45, 2.75) is 0 Å². The Bertz CT molecular complexity index is 1380. The van der Waals surface area contributed by atoms with E-state index in [-0.39, 0.29) is 11.7 Å². The summed E-state index contributed by atoms with van der Waals surface area (Å²) >= 11 is 0. The Hall–Kier alpha value is -4.91. The van der Waals surface area contributed by atoms with Crippen LogP contribution >= 0.6 is 0 Å². The summed E-state index contributed by atoms with van der Waals surface area (Å²) in [4.78, 5) is 38.9. The van der Waals surface area contributed by atoms with Crippen molar-refractivity contribution in [3.05, 3.63) is 119 Å². The molecular formula is C29H24N2O5. The molecule has 0 heterocycles. The van der Waals surface area contributed by atoms with E-state index in [4.69, 9.17) is 9.47 Å². The molecule has 0 aliphatic heterocycles. The molecule has 180 valence electrons. The van der Waals surface area contributed by atoms with Crippen molar-refractivity contribution >= 4 is 29.0 Å². The molecule has 0 aromatic heterocycles. The first-order valence-electron chi connectivity index (χ1n) is 11.1. The predicted molar refractivity (Wildman–Crippen MR) is 138 cm³/mol. The lowest BCUT2D eigenvalue weighted by Crippen LogP contribution is -2.17. The lowest BCUT2D eigenvalue weighted by Gasteiger charge is -2.15. The Morgan fingerprint density at radius 1 is 0.528 bits per heavy atom. The first-order valence-corrected chi connectivity index (χ1v) is 11.1. The van der Waals surface area contributed by atoms with Crippen molar-refractivity contribution < 1.29 is 23.9 Å². The van der Waals surface area contributed by atoms with Gasteiger partial charge >= 0.3 is 0 Å². The van der Waals surface area contributed by atoms with Gasteiger partial charge in [0.1, 0.15) is 11.5 Å². The van der Waals surface area contributed by atoms with Gasteiger partial charge in [0.15, 0.2) is 5.78 Å². The highest BCUT2D eigenvalue weighted by atomic mass is 16.5. The van der Waals surface area contributed by atoms with Crippen LogP contribution in [0.3, 0.4) is 0 Å². The molecule has 0 saturated heterocycles. The van der Waals surface area contributed by atoms with Gasteiger partial charge in [-0.1, -0.05) is 30.3 Å². The van der Waals surface area contributed by atoms with Crippen LogP contribution in [0.25, 0.3) is 0 Å². The van der Waals surface area contributed by atoms with Crippen LogP contribution in [0, 0.1) is 0 Å². The van der Waals surface area contributed by atoms with Crippen molar-refractivity contribution in [1.82, 2.24) is 0 Å². The number of rotatable bonds is 8. The summed E-state index contributed by atoms with van der Waals surface area (Å²) in [6.45, 7) is 0. The molecule has 0 bridgehead atoms. The predicted octanol–water partition coefficient (Wildman–Crippen LogP) is 5.44. The Morgan fingerprint density at radius 2 is 1.00 bits per heavy atom. The van der Waals surface area contributed by atoms with Gasteiger partial charge in [-0.2, -0.15) is 0 Å². The Morgan fingerprint density at radius 3 is 1.50 bits per heavy atom. The Labute approximate surface area is 208 Å². The van der Waals surface area contributed by atoms with Crippen LogP contribution in [-0.4, -0.2) is 31.8 Å². The summed E-state index contributed by atoms with van der Waals surface area (Å²) in [5, 5.41) is 5.64. The number of carbonyl (C=O) groups excluding carboxylic acids is 3. The standard InChI is InChI=1S/C29H24N2O5/c1-35-23-13-8-20(9-14-23)28(33)30-25-17-12-22(27(32)19-6-4-3-5-7-19)18-26(25)31-29(34)21-10-15-24(36-2)16-11-21/h3-18H,1-2H3,(H,30,33)(H,31,34). The Balaban J connectivity index is 1.65. The minimum absolute atomic E-state index is 0.205. The second kappa shape index (κ2) is 11.0. The number of hydrogen-bond acceptors (Lipinski definition) is 5. The number of hydrogen-bond donors (Lipinski definition) is 2. The third kappa shape index (κ3) is 5.59. The lowest BCUT2D eigenvalue weighted by atomic mass is 10.0. The highest BCUT2D eigenvalue weighted by molar-refractivity contribution is 6.13. The van der Waals surface area contributed by atoms with E-state index >= 15 is 0 Å². The fourth-order valence-electron chi connectivity index (χ4n) is 3.53. The number of nitrogens with one attached hydrogen (secondary N) is 2. The van der Waals surface area contributed by atoms with Crippen LogP contribution in [-0.2, 0) is 0 Å². The van der Waals surface area contributed by atoms with Gasteiger partial charge in [0.25, 0.3) is 11.8 Å². The SMILES string of the molecule is COc1ccc(C(=O)Nc2ccc(C(=O)c3ccccc3)cc2NC(=O)c2ccc(OC)cc2)cc1. The smallest absolute Gasteiger partial charge is 0.255 e. The summed E-state index contributed by atoms with van der Waals surface area (Å²) in [5.41, 5.74) is 2.33. The highest BCUT2D eigenvalue weighted by Crippen LogP contribution is 2.27. The fraction of sp³-hybridized carbons (Fsp3) is 0.0690. The maximum absolute atomic E-state index is 13.0. The van der Waals surface area contributed by atoms with Crippen molar-refractivity contribution in [1.29, 1.82) is 0 Å². The number of anilines is 2. The van der Waals surface area contributed by atoms with Crippen molar-refractivity contribution in [2.75, 3.05) is 24.9 Å². The number of ether oxygens (including phenoxy) is 2. The van der Waals surface area contributed by atoms with E-state index in [1.54, 1.807) is 105 Å². The normalized spacial score (nSPS) is 10.3. The van der Waals surface area contributed by atoms with Crippen LogP contribution < -0.4 is 20.1 Å². The molecule has 0 aliphatic rings. The average molecular weight is 481 g/mol. The van der Waals surface area contributed by atoms with Gasteiger partial charge in [-0.25, -0.2) is 0 Å². The van der Waals surface area contributed by atoms with Gasteiger partial charge in [-0.05, 0) is 66.7 Å². The molecular weight excluding hydrogens is 456 g/mol. The number of benzene rings is 4. The van der Waals surface area contributed by atoms with Gasteiger partial charge in [0, 0.05) is 22.3 Å². The molecule has 0 spiro atoms. The van der Waals surface area contributed by atoms with Crippen molar-refractivity contribution in [3.8, 4) is 11.5 Å². The molecule has 7 nitrogen and oxygen atoms in total. The average Bonchev–Trinajstić information content (AvgIpc) is 2.94. The molecule has 0 saturated carbocycles. The molecule has 7 heteroatoms. The van der Waals surface area contributed by atoms with Crippen molar-refractivity contribution in [2.24, 2.45) is 0 Å². The van der Waals surface area contributed by atoms with E-state index in [0.717, 1.165) is 0 Å². The van der Waals surface area contributed by atoms with E-state index in [0.29, 0.717) is 45.1 Å². The number of methoxy groups -OCH3 is 2. The molecule has 0 fully saturated rings. The summed E-state index contributed by atoms with van der Waals surface area (Å²) in [5.74, 6) is 0.266.